The van der Waals surface area contributed by atoms with E-state index in [2.05, 4.69) is 81.1 Å². The summed E-state index contributed by atoms with van der Waals surface area (Å²) in [6.45, 7) is 8.27. The second-order valence-electron chi connectivity index (χ2n) is 6.66. The minimum absolute atomic E-state index is 0.553. The van der Waals surface area contributed by atoms with Gasteiger partial charge in [0.2, 0.25) is 0 Å². The predicted octanol–water partition coefficient (Wildman–Crippen LogP) is 6.93. The van der Waals surface area contributed by atoms with Crippen LogP contribution in [-0.2, 0) is 6.42 Å². The zero-order valence-electron chi connectivity index (χ0n) is 15.2. The zero-order chi connectivity index (χ0) is 17.2. The van der Waals surface area contributed by atoms with Crippen molar-refractivity contribution in [2.75, 3.05) is 0 Å². The van der Waals surface area contributed by atoms with Crippen LogP contribution in [0.4, 0.5) is 0 Å². The minimum Gasteiger partial charge on any atom is -0.103 e. The molecule has 0 aliphatic heterocycles. The van der Waals surface area contributed by atoms with E-state index < -0.39 is 0 Å². The Labute approximate surface area is 147 Å². The molecule has 0 aliphatic carbocycles. The molecule has 0 heterocycles. The lowest BCUT2D eigenvalue weighted by molar-refractivity contribution is 0.704. The molecular weight excluding hydrogens is 288 g/mol. The fraction of sp³-hybridized carbons (Fsp3) is 0.333. The van der Waals surface area contributed by atoms with Gasteiger partial charge in [-0.15, -0.1) is 6.58 Å². The van der Waals surface area contributed by atoms with Gasteiger partial charge in [0.25, 0.3) is 0 Å². The summed E-state index contributed by atoms with van der Waals surface area (Å²) in [7, 11) is 0. The van der Waals surface area contributed by atoms with Crippen molar-refractivity contribution >= 4 is 0 Å². The largest absolute Gasteiger partial charge is 0.103 e. The first-order valence-corrected chi connectivity index (χ1v) is 9.07. The normalized spacial score (nSPS) is 12.4. The third-order valence-electron chi connectivity index (χ3n) is 4.62. The van der Waals surface area contributed by atoms with Gasteiger partial charge in [-0.25, -0.2) is 0 Å². The number of rotatable bonds is 9. The lowest BCUT2D eigenvalue weighted by atomic mass is 9.89. The lowest BCUT2D eigenvalue weighted by Gasteiger charge is -2.16. The van der Waals surface area contributed by atoms with Crippen molar-refractivity contribution in [3.05, 3.63) is 95.6 Å². The molecule has 2 rings (SSSR count). The molecule has 24 heavy (non-hydrogen) atoms. The highest BCUT2D eigenvalue weighted by Gasteiger charge is 2.10. The molecule has 0 saturated heterocycles. The Bertz CT molecular complexity index is 646. The molecule has 2 aromatic rings. The highest BCUT2D eigenvalue weighted by molar-refractivity contribution is 5.30. The number of aryl methyl sites for hydroxylation is 3. The van der Waals surface area contributed by atoms with Crippen LogP contribution in [0.1, 0.15) is 53.9 Å². The van der Waals surface area contributed by atoms with Crippen molar-refractivity contribution in [3.63, 3.8) is 0 Å². The number of hydrogen-bond acceptors (Lipinski definition) is 0. The molecule has 0 bridgehead atoms. The average Bonchev–Trinajstić information content (AvgIpc) is 2.59. The van der Waals surface area contributed by atoms with Gasteiger partial charge in [0.05, 0.1) is 0 Å². The summed E-state index contributed by atoms with van der Waals surface area (Å²) in [6.07, 6.45) is 12.4. The third kappa shape index (κ3) is 5.85. The molecule has 0 aliphatic rings. The Kier molecular flexibility index (Phi) is 7.55. The fourth-order valence-electron chi connectivity index (χ4n) is 3.15. The maximum absolute atomic E-state index is 3.93. The van der Waals surface area contributed by atoms with E-state index in [1.165, 1.54) is 35.1 Å². The van der Waals surface area contributed by atoms with Crippen molar-refractivity contribution in [1.29, 1.82) is 0 Å². The molecule has 1 atom stereocenters. The Morgan fingerprint density at radius 1 is 0.917 bits per heavy atom. The van der Waals surface area contributed by atoms with Crippen LogP contribution in [0.5, 0.6) is 0 Å². The van der Waals surface area contributed by atoms with Crippen LogP contribution in [0.15, 0.2) is 73.3 Å². The van der Waals surface area contributed by atoms with E-state index in [-0.39, 0.29) is 0 Å². The Morgan fingerprint density at radius 3 is 2.38 bits per heavy atom. The van der Waals surface area contributed by atoms with Crippen LogP contribution in [0.25, 0.3) is 0 Å². The second-order valence-corrected chi connectivity index (χ2v) is 6.66. The highest BCUT2D eigenvalue weighted by atomic mass is 14.1. The van der Waals surface area contributed by atoms with Crippen LogP contribution >= 0.6 is 0 Å². The predicted molar refractivity (Wildman–Crippen MR) is 107 cm³/mol. The fourth-order valence-corrected chi connectivity index (χ4v) is 3.15. The second kappa shape index (κ2) is 9.93. The first kappa shape index (κ1) is 18.3. The van der Waals surface area contributed by atoms with Crippen molar-refractivity contribution < 1.29 is 0 Å². The maximum Gasteiger partial charge on any atom is -0.00903 e. The van der Waals surface area contributed by atoms with Crippen LogP contribution in [0.3, 0.4) is 0 Å². The van der Waals surface area contributed by atoms with Crippen LogP contribution in [-0.4, -0.2) is 0 Å². The number of benzene rings is 2. The van der Waals surface area contributed by atoms with Gasteiger partial charge in [-0.05, 0) is 68.6 Å². The standard InChI is InChI=1S/C24H30/c1-4-11-23(24-15-10-9-12-21(24)3)14-8-6-5-7-13-22-18-16-20(2)17-19-22/h4,6,8-10,12,15-19,23H,1,5,7,11,13-14H2,2-3H3. The van der Waals surface area contributed by atoms with E-state index in [0.29, 0.717) is 5.92 Å². The summed E-state index contributed by atoms with van der Waals surface area (Å²) < 4.78 is 0. The molecule has 0 N–H and O–H groups in total. The molecule has 0 saturated carbocycles. The van der Waals surface area contributed by atoms with Crippen molar-refractivity contribution in [3.8, 4) is 0 Å². The van der Waals surface area contributed by atoms with Crippen LogP contribution in [0, 0.1) is 13.8 Å². The summed E-state index contributed by atoms with van der Waals surface area (Å²) in [5.41, 5.74) is 5.63. The van der Waals surface area contributed by atoms with Gasteiger partial charge in [-0.3, -0.25) is 0 Å². The Morgan fingerprint density at radius 2 is 1.67 bits per heavy atom. The van der Waals surface area contributed by atoms with E-state index in [1.54, 1.807) is 0 Å². The zero-order valence-corrected chi connectivity index (χ0v) is 15.2. The molecule has 0 nitrogen and oxygen atoms in total. The quantitative estimate of drug-likeness (QED) is 0.347. The van der Waals surface area contributed by atoms with E-state index in [0.717, 1.165) is 19.3 Å². The van der Waals surface area contributed by atoms with Crippen molar-refractivity contribution in [1.82, 2.24) is 0 Å². The molecule has 1 unspecified atom stereocenters. The van der Waals surface area contributed by atoms with Gasteiger partial charge in [-0.1, -0.05) is 72.3 Å². The van der Waals surface area contributed by atoms with E-state index in [1.807, 2.05) is 6.08 Å². The van der Waals surface area contributed by atoms with E-state index in [9.17, 15) is 0 Å². The third-order valence-corrected chi connectivity index (χ3v) is 4.62. The number of allylic oxidation sites excluding steroid dienone is 3. The minimum atomic E-state index is 0.553. The van der Waals surface area contributed by atoms with Gasteiger partial charge in [0.1, 0.15) is 0 Å². The van der Waals surface area contributed by atoms with Crippen molar-refractivity contribution in [2.45, 2.75) is 51.9 Å². The van der Waals surface area contributed by atoms with E-state index >= 15 is 0 Å². The molecule has 0 fully saturated rings. The highest BCUT2D eigenvalue weighted by Crippen LogP contribution is 2.27. The topological polar surface area (TPSA) is 0 Å². The van der Waals surface area contributed by atoms with Gasteiger partial charge >= 0.3 is 0 Å². The maximum atomic E-state index is 3.93. The van der Waals surface area contributed by atoms with E-state index in [4.69, 9.17) is 0 Å². The molecule has 0 radical (unpaired) electrons. The molecule has 0 amide bonds. The first-order chi connectivity index (χ1) is 11.7. The monoisotopic (exact) mass is 318 g/mol. The summed E-state index contributed by atoms with van der Waals surface area (Å²) in [6, 6.07) is 17.6. The summed E-state index contributed by atoms with van der Waals surface area (Å²) in [4.78, 5) is 0. The number of hydrogen-bond donors (Lipinski definition) is 0. The van der Waals surface area contributed by atoms with Gasteiger partial charge in [-0.2, -0.15) is 0 Å². The van der Waals surface area contributed by atoms with Gasteiger partial charge < -0.3 is 0 Å². The van der Waals surface area contributed by atoms with Crippen LogP contribution in [0.2, 0.25) is 0 Å². The van der Waals surface area contributed by atoms with Crippen LogP contribution < -0.4 is 0 Å². The molecule has 2 aromatic carbocycles. The lowest BCUT2D eigenvalue weighted by Crippen LogP contribution is -1.99. The van der Waals surface area contributed by atoms with Crippen molar-refractivity contribution in [2.24, 2.45) is 0 Å². The Balaban J connectivity index is 1.79. The van der Waals surface area contributed by atoms with Gasteiger partial charge in [0.15, 0.2) is 0 Å². The number of unbranched alkanes of at least 4 members (excludes halogenated alkanes) is 1. The average molecular weight is 319 g/mol. The molecule has 126 valence electrons. The molecule has 0 aromatic heterocycles. The van der Waals surface area contributed by atoms with Gasteiger partial charge in [0, 0.05) is 0 Å². The first-order valence-electron chi connectivity index (χ1n) is 9.07. The molecule has 0 heteroatoms. The molecular formula is C24H30. The molecule has 0 spiro atoms. The summed E-state index contributed by atoms with van der Waals surface area (Å²) >= 11 is 0. The SMILES string of the molecule is C=CCC(CC=CCCCc1ccc(C)cc1)c1ccccc1C. The summed E-state index contributed by atoms with van der Waals surface area (Å²) in [5, 5.41) is 0. The smallest absolute Gasteiger partial charge is 0.00903 e. The Hall–Kier alpha value is -2.08. The summed E-state index contributed by atoms with van der Waals surface area (Å²) in [5.74, 6) is 0.553.